The molecule has 132 valence electrons. The minimum Gasteiger partial charge on any atom is -0.335 e. The molecule has 0 saturated carbocycles. The van der Waals surface area contributed by atoms with Gasteiger partial charge in [0.05, 0.1) is 12.6 Å². The van der Waals surface area contributed by atoms with Crippen LogP contribution in [-0.4, -0.2) is 14.7 Å². The minimum atomic E-state index is -4.81. The molecular formula is C16H15F3N4O2. The first-order chi connectivity index (χ1) is 11.8. The Balaban J connectivity index is 2.27. The van der Waals surface area contributed by atoms with Gasteiger partial charge in [-0.15, -0.1) is 0 Å². The lowest BCUT2D eigenvalue weighted by Gasteiger charge is -2.16. The molecule has 2 heterocycles. The average Bonchev–Trinajstić information content (AvgIpc) is 3.02. The molecule has 1 aromatic carbocycles. The lowest BCUT2D eigenvalue weighted by atomic mass is 10.1. The topological polar surface area (TPSA) is 86.9 Å². The number of aromatic nitrogens is 3. The molecule has 1 unspecified atom stereocenters. The SMILES string of the molecule is CCC(N)c1nc2onc(C(F)(F)F)c2c(=O)n1Cc1ccccc1. The van der Waals surface area contributed by atoms with Crippen molar-refractivity contribution >= 4 is 11.1 Å². The van der Waals surface area contributed by atoms with E-state index in [1.807, 2.05) is 0 Å². The van der Waals surface area contributed by atoms with Gasteiger partial charge in [0.15, 0.2) is 0 Å². The van der Waals surface area contributed by atoms with E-state index >= 15 is 0 Å². The van der Waals surface area contributed by atoms with Gasteiger partial charge in [-0.1, -0.05) is 42.4 Å². The first-order valence-corrected chi connectivity index (χ1v) is 7.59. The summed E-state index contributed by atoms with van der Waals surface area (Å²) in [6, 6.07) is 8.24. The van der Waals surface area contributed by atoms with Crippen molar-refractivity contribution in [1.82, 2.24) is 14.7 Å². The Morgan fingerprint density at radius 3 is 2.56 bits per heavy atom. The molecular weight excluding hydrogens is 337 g/mol. The maximum Gasteiger partial charge on any atom is 0.437 e. The lowest BCUT2D eigenvalue weighted by Crippen LogP contribution is -2.30. The predicted molar refractivity (Wildman–Crippen MR) is 83.8 cm³/mol. The van der Waals surface area contributed by atoms with Gasteiger partial charge in [0, 0.05) is 0 Å². The van der Waals surface area contributed by atoms with Crippen molar-refractivity contribution in [3.63, 3.8) is 0 Å². The molecule has 0 saturated heterocycles. The molecule has 3 rings (SSSR count). The van der Waals surface area contributed by atoms with Crippen molar-refractivity contribution in [3.8, 4) is 0 Å². The molecule has 2 N–H and O–H groups in total. The van der Waals surface area contributed by atoms with Crippen molar-refractivity contribution in [1.29, 1.82) is 0 Å². The molecule has 0 bridgehead atoms. The number of hydrogen-bond acceptors (Lipinski definition) is 5. The number of rotatable bonds is 4. The largest absolute Gasteiger partial charge is 0.437 e. The van der Waals surface area contributed by atoms with E-state index in [1.165, 1.54) is 0 Å². The van der Waals surface area contributed by atoms with E-state index in [0.717, 1.165) is 10.1 Å². The fourth-order valence-corrected chi connectivity index (χ4v) is 2.53. The van der Waals surface area contributed by atoms with Crippen LogP contribution in [0.1, 0.15) is 36.5 Å². The lowest BCUT2D eigenvalue weighted by molar-refractivity contribution is -0.141. The van der Waals surface area contributed by atoms with Gasteiger partial charge in [-0.2, -0.15) is 18.2 Å². The number of fused-ring (bicyclic) bond motifs is 1. The van der Waals surface area contributed by atoms with Crippen LogP contribution in [0.2, 0.25) is 0 Å². The second-order valence-electron chi connectivity index (χ2n) is 5.57. The Kier molecular flexibility index (Phi) is 4.34. The minimum absolute atomic E-state index is 0.0497. The summed E-state index contributed by atoms with van der Waals surface area (Å²) in [6.07, 6.45) is -4.36. The van der Waals surface area contributed by atoms with Gasteiger partial charge in [-0.3, -0.25) is 9.36 Å². The molecule has 1 atom stereocenters. The van der Waals surface area contributed by atoms with E-state index in [1.54, 1.807) is 37.3 Å². The van der Waals surface area contributed by atoms with E-state index in [-0.39, 0.29) is 12.4 Å². The fraction of sp³-hybridized carbons (Fsp3) is 0.312. The summed E-state index contributed by atoms with van der Waals surface area (Å²) in [5, 5.41) is 2.30. The third-order valence-electron chi connectivity index (χ3n) is 3.85. The number of halogens is 3. The highest BCUT2D eigenvalue weighted by Crippen LogP contribution is 2.32. The highest BCUT2D eigenvalue weighted by molar-refractivity contribution is 5.75. The van der Waals surface area contributed by atoms with Crippen molar-refractivity contribution in [2.75, 3.05) is 0 Å². The van der Waals surface area contributed by atoms with Crippen LogP contribution in [0, 0.1) is 0 Å². The van der Waals surface area contributed by atoms with Gasteiger partial charge in [-0.05, 0) is 12.0 Å². The van der Waals surface area contributed by atoms with Gasteiger partial charge >= 0.3 is 6.18 Å². The average molecular weight is 352 g/mol. The number of hydrogen-bond donors (Lipinski definition) is 1. The molecule has 0 aliphatic carbocycles. The van der Waals surface area contributed by atoms with Crippen LogP contribution in [0.25, 0.3) is 11.1 Å². The summed E-state index contributed by atoms with van der Waals surface area (Å²) in [6.45, 7) is 1.84. The number of alkyl halides is 3. The zero-order valence-electron chi connectivity index (χ0n) is 13.2. The van der Waals surface area contributed by atoms with Crippen molar-refractivity contribution < 1.29 is 17.7 Å². The van der Waals surface area contributed by atoms with E-state index < -0.39 is 34.6 Å². The van der Waals surface area contributed by atoms with Gasteiger partial charge in [0.1, 0.15) is 11.2 Å². The maximum atomic E-state index is 13.1. The van der Waals surface area contributed by atoms with E-state index in [0.29, 0.717) is 6.42 Å². The molecule has 0 aliphatic rings. The van der Waals surface area contributed by atoms with Crippen LogP contribution in [0.3, 0.4) is 0 Å². The summed E-state index contributed by atoms with van der Waals surface area (Å²) in [7, 11) is 0. The monoisotopic (exact) mass is 352 g/mol. The number of nitrogens with zero attached hydrogens (tertiary/aromatic N) is 3. The van der Waals surface area contributed by atoms with Crippen molar-refractivity contribution in [3.05, 3.63) is 57.8 Å². The number of benzene rings is 1. The molecule has 0 fully saturated rings. The van der Waals surface area contributed by atoms with E-state index in [2.05, 4.69) is 14.7 Å². The van der Waals surface area contributed by atoms with Gasteiger partial charge in [0.2, 0.25) is 5.69 Å². The molecule has 0 spiro atoms. The fourth-order valence-electron chi connectivity index (χ4n) is 2.53. The molecule has 6 nitrogen and oxygen atoms in total. The van der Waals surface area contributed by atoms with Crippen molar-refractivity contribution in [2.24, 2.45) is 5.73 Å². The Morgan fingerprint density at radius 1 is 1.28 bits per heavy atom. The van der Waals surface area contributed by atoms with E-state index in [4.69, 9.17) is 5.73 Å². The normalized spacial score (nSPS) is 13.3. The van der Waals surface area contributed by atoms with Gasteiger partial charge in [0.25, 0.3) is 11.3 Å². The first kappa shape index (κ1) is 17.2. The molecule has 25 heavy (non-hydrogen) atoms. The molecule has 9 heteroatoms. The highest BCUT2D eigenvalue weighted by atomic mass is 19.4. The van der Waals surface area contributed by atoms with Crippen LogP contribution >= 0.6 is 0 Å². The summed E-state index contributed by atoms with van der Waals surface area (Å²) in [5.74, 6) is 0.161. The summed E-state index contributed by atoms with van der Waals surface area (Å²) < 4.78 is 45.1. The van der Waals surface area contributed by atoms with Crippen LogP contribution in [0.5, 0.6) is 0 Å². The molecule has 3 aromatic rings. The summed E-state index contributed by atoms with van der Waals surface area (Å²) >= 11 is 0. The molecule has 0 radical (unpaired) electrons. The quantitative estimate of drug-likeness (QED) is 0.780. The predicted octanol–water partition coefficient (Wildman–Crippen LogP) is 2.86. The van der Waals surface area contributed by atoms with Gasteiger partial charge < -0.3 is 10.3 Å². The Morgan fingerprint density at radius 2 is 1.96 bits per heavy atom. The Bertz CT molecular complexity index is 948. The van der Waals surface area contributed by atoms with Crippen LogP contribution < -0.4 is 11.3 Å². The zero-order chi connectivity index (χ0) is 18.2. The molecule has 0 aliphatic heterocycles. The Labute approximate surface area is 140 Å². The number of nitrogens with two attached hydrogens (primary N) is 1. The third kappa shape index (κ3) is 3.14. The zero-order valence-corrected chi connectivity index (χ0v) is 13.2. The first-order valence-electron chi connectivity index (χ1n) is 7.59. The highest BCUT2D eigenvalue weighted by Gasteiger charge is 2.39. The molecule has 0 amide bonds. The Hall–Kier alpha value is -2.68. The van der Waals surface area contributed by atoms with Gasteiger partial charge in [-0.25, -0.2) is 0 Å². The second-order valence-corrected chi connectivity index (χ2v) is 5.57. The maximum absolute atomic E-state index is 13.1. The van der Waals surface area contributed by atoms with Crippen LogP contribution in [0.15, 0.2) is 39.6 Å². The van der Waals surface area contributed by atoms with Crippen LogP contribution in [-0.2, 0) is 12.7 Å². The summed E-state index contributed by atoms with van der Waals surface area (Å²) in [5.41, 5.74) is 4.02. The van der Waals surface area contributed by atoms with Crippen LogP contribution in [0.4, 0.5) is 13.2 Å². The smallest absolute Gasteiger partial charge is 0.335 e. The van der Waals surface area contributed by atoms with Crippen molar-refractivity contribution in [2.45, 2.75) is 32.1 Å². The third-order valence-corrected chi connectivity index (χ3v) is 3.85. The molecule has 2 aromatic heterocycles. The second kappa shape index (κ2) is 6.32. The summed E-state index contributed by atoms with van der Waals surface area (Å²) in [4.78, 5) is 16.8. The standard InChI is InChI=1S/C16H15F3N4O2/c1-2-10(20)13-21-14-11(12(22-25-14)16(17,18)19)15(24)23(13)8-9-6-4-3-5-7-9/h3-7,10H,2,8,20H2,1H3. The van der Waals surface area contributed by atoms with E-state index in [9.17, 15) is 18.0 Å².